The Morgan fingerprint density at radius 2 is 1.77 bits per heavy atom. The van der Waals surface area contributed by atoms with Crippen molar-refractivity contribution in [2.45, 2.75) is 51.8 Å². The lowest BCUT2D eigenvalue weighted by Crippen LogP contribution is -2.51. The van der Waals surface area contributed by atoms with E-state index in [9.17, 15) is 9.90 Å². The van der Waals surface area contributed by atoms with E-state index >= 15 is 0 Å². The SMILES string of the molecule is Cc1nnc(-c2ccc(-c3c(Cl)ccc4c3C(=O)N([C@H](C3CC3)C(C)(C)O)C4)cc2)o1. The highest BCUT2D eigenvalue weighted by Gasteiger charge is 2.48. The van der Waals surface area contributed by atoms with Gasteiger partial charge in [-0.05, 0) is 61.9 Å². The maximum absolute atomic E-state index is 13.6. The first-order valence-corrected chi connectivity index (χ1v) is 10.9. The summed E-state index contributed by atoms with van der Waals surface area (Å²) in [6.07, 6.45) is 2.08. The second-order valence-electron chi connectivity index (χ2n) is 9.03. The number of carbonyl (C=O) groups is 1. The molecule has 0 bridgehead atoms. The summed E-state index contributed by atoms with van der Waals surface area (Å²) in [6, 6.07) is 11.2. The van der Waals surface area contributed by atoms with Gasteiger partial charge in [-0.25, -0.2) is 0 Å². The van der Waals surface area contributed by atoms with Gasteiger partial charge in [0.25, 0.3) is 5.91 Å². The molecule has 7 heteroatoms. The summed E-state index contributed by atoms with van der Waals surface area (Å²) in [6.45, 7) is 5.82. The molecule has 1 amide bonds. The number of carbonyl (C=O) groups excluding carboxylic acids is 1. The zero-order valence-corrected chi connectivity index (χ0v) is 18.5. The second kappa shape index (κ2) is 7.18. The Kier molecular flexibility index (Phi) is 4.68. The van der Waals surface area contributed by atoms with E-state index in [2.05, 4.69) is 10.2 Å². The summed E-state index contributed by atoms with van der Waals surface area (Å²) in [5.41, 5.74) is 2.98. The topological polar surface area (TPSA) is 79.5 Å². The average molecular weight is 438 g/mol. The molecule has 31 heavy (non-hydrogen) atoms. The van der Waals surface area contributed by atoms with E-state index in [1.807, 2.05) is 41.3 Å². The van der Waals surface area contributed by atoms with Gasteiger partial charge >= 0.3 is 0 Å². The number of aryl methyl sites for hydroxylation is 1. The predicted octanol–water partition coefficient (Wildman–Crippen LogP) is 4.87. The third-order valence-corrected chi connectivity index (χ3v) is 6.45. The highest BCUT2D eigenvalue weighted by atomic mass is 35.5. The van der Waals surface area contributed by atoms with Crippen molar-refractivity contribution in [2.24, 2.45) is 5.92 Å². The predicted molar refractivity (Wildman–Crippen MR) is 118 cm³/mol. The summed E-state index contributed by atoms with van der Waals surface area (Å²) in [5.74, 6) is 1.23. The second-order valence-corrected chi connectivity index (χ2v) is 9.44. The molecule has 2 aliphatic rings. The molecule has 1 aliphatic heterocycles. The van der Waals surface area contributed by atoms with Crippen molar-refractivity contribution in [3.8, 4) is 22.6 Å². The van der Waals surface area contributed by atoms with Crippen LogP contribution in [-0.2, 0) is 6.54 Å². The molecule has 0 saturated heterocycles. The Hall–Kier alpha value is -2.70. The molecule has 2 heterocycles. The highest BCUT2D eigenvalue weighted by molar-refractivity contribution is 6.34. The Morgan fingerprint density at radius 1 is 1.10 bits per heavy atom. The van der Waals surface area contributed by atoms with Crippen LogP contribution >= 0.6 is 11.6 Å². The van der Waals surface area contributed by atoms with Crippen molar-refractivity contribution < 1.29 is 14.3 Å². The van der Waals surface area contributed by atoms with Crippen LogP contribution in [0.2, 0.25) is 5.02 Å². The minimum Gasteiger partial charge on any atom is -0.421 e. The van der Waals surface area contributed by atoms with E-state index in [0.29, 0.717) is 34.8 Å². The number of aliphatic hydroxyl groups is 1. The molecule has 1 saturated carbocycles. The Labute approximate surface area is 185 Å². The number of hydrogen-bond donors (Lipinski definition) is 1. The number of halogens is 1. The molecule has 6 nitrogen and oxygen atoms in total. The quantitative estimate of drug-likeness (QED) is 0.615. The number of benzene rings is 2. The van der Waals surface area contributed by atoms with Crippen LogP contribution in [0.25, 0.3) is 22.6 Å². The number of amides is 1. The number of rotatable bonds is 5. The molecular formula is C24H24ClN3O3. The van der Waals surface area contributed by atoms with Gasteiger partial charge in [-0.15, -0.1) is 10.2 Å². The normalized spacial score (nSPS) is 17.2. The van der Waals surface area contributed by atoms with Crippen LogP contribution in [0, 0.1) is 12.8 Å². The standard InChI is InChI=1S/C24H24ClN3O3/c1-13-26-27-22(31-13)16-8-4-14(5-9-16)19-18(25)11-10-17-12-28(23(29)20(17)19)21(15-6-7-15)24(2,3)30/h4-5,8-11,15,21,30H,6-7,12H2,1-3H3/t21-/m1/s1. The summed E-state index contributed by atoms with van der Waals surface area (Å²) in [5, 5.41) is 19.2. The molecule has 1 fully saturated rings. The molecule has 1 aromatic heterocycles. The lowest BCUT2D eigenvalue weighted by atomic mass is 9.92. The van der Waals surface area contributed by atoms with E-state index in [4.69, 9.17) is 16.0 Å². The summed E-state index contributed by atoms with van der Waals surface area (Å²) < 4.78 is 5.50. The molecule has 1 aliphatic carbocycles. The van der Waals surface area contributed by atoms with Gasteiger partial charge in [0.15, 0.2) is 0 Å². The summed E-state index contributed by atoms with van der Waals surface area (Å²) in [7, 11) is 0. The van der Waals surface area contributed by atoms with Gasteiger partial charge in [-0.2, -0.15) is 0 Å². The number of fused-ring (bicyclic) bond motifs is 1. The Morgan fingerprint density at radius 3 is 2.35 bits per heavy atom. The van der Waals surface area contributed by atoms with Crippen LogP contribution in [-0.4, -0.2) is 37.8 Å². The molecule has 1 atom stereocenters. The third kappa shape index (κ3) is 3.54. The van der Waals surface area contributed by atoms with E-state index in [1.165, 1.54) is 0 Å². The number of nitrogens with zero attached hydrogens (tertiary/aromatic N) is 3. The largest absolute Gasteiger partial charge is 0.421 e. The van der Waals surface area contributed by atoms with Gasteiger partial charge in [-0.1, -0.05) is 29.8 Å². The van der Waals surface area contributed by atoms with Crippen LogP contribution in [0.15, 0.2) is 40.8 Å². The van der Waals surface area contributed by atoms with Crippen LogP contribution in [0.3, 0.4) is 0 Å². The van der Waals surface area contributed by atoms with Gasteiger partial charge in [-0.3, -0.25) is 4.79 Å². The number of aromatic nitrogens is 2. The fourth-order valence-corrected chi connectivity index (χ4v) is 4.99. The maximum Gasteiger partial charge on any atom is 0.255 e. The molecular weight excluding hydrogens is 414 g/mol. The van der Waals surface area contributed by atoms with Crippen molar-refractivity contribution in [1.29, 1.82) is 0 Å². The first-order chi connectivity index (χ1) is 14.7. The molecule has 0 radical (unpaired) electrons. The van der Waals surface area contributed by atoms with Gasteiger partial charge in [0.1, 0.15) is 0 Å². The summed E-state index contributed by atoms with van der Waals surface area (Å²) >= 11 is 6.60. The van der Waals surface area contributed by atoms with Gasteiger partial charge in [0.05, 0.1) is 17.2 Å². The van der Waals surface area contributed by atoms with Crippen molar-refractivity contribution in [2.75, 3.05) is 0 Å². The molecule has 160 valence electrons. The molecule has 2 aromatic carbocycles. The van der Waals surface area contributed by atoms with Crippen molar-refractivity contribution in [1.82, 2.24) is 15.1 Å². The third-order valence-electron chi connectivity index (χ3n) is 6.13. The monoisotopic (exact) mass is 437 g/mol. The van der Waals surface area contributed by atoms with Crippen LogP contribution in [0.5, 0.6) is 0 Å². The van der Waals surface area contributed by atoms with Gasteiger partial charge in [0.2, 0.25) is 11.8 Å². The average Bonchev–Trinajstić information content (AvgIpc) is 3.36. The van der Waals surface area contributed by atoms with Gasteiger partial charge < -0.3 is 14.4 Å². The lowest BCUT2D eigenvalue weighted by Gasteiger charge is -2.37. The fourth-order valence-electron chi connectivity index (χ4n) is 4.72. The van der Waals surface area contributed by atoms with E-state index in [0.717, 1.165) is 35.1 Å². The van der Waals surface area contributed by atoms with Crippen molar-refractivity contribution in [3.63, 3.8) is 0 Å². The van der Waals surface area contributed by atoms with Crippen molar-refractivity contribution in [3.05, 3.63) is 58.4 Å². The zero-order chi connectivity index (χ0) is 21.9. The maximum atomic E-state index is 13.6. The highest BCUT2D eigenvalue weighted by Crippen LogP contribution is 2.45. The van der Waals surface area contributed by atoms with Gasteiger partial charge in [0, 0.05) is 29.6 Å². The molecule has 0 spiro atoms. The van der Waals surface area contributed by atoms with Crippen LogP contribution in [0.4, 0.5) is 0 Å². The summed E-state index contributed by atoms with van der Waals surface area (Å²) in [4.78, 5) is 15.4. The van der Waals surface area contributed by atoms with Crippen LogP contribution in [0.1, 0.15) is 48.5 Å². The fraction of sp³-hybridized carbons (Fsp3) is 0.375. The minimum absolute atomic E-state index is 0.0665. The first-order valence-electron chi connectivity index (χ1n) is 10.5. The van der Waals surface area contributed by atoms with E-state index < -0.39 is 5.60 Å². The van der Waals surface area contributed by atoms with E-state index in [-0.39, 0.29) is 11.9 Å². The molecule has 0 unspecified atom stereocenters. The minimum atomic E-state index is -0.966. The molecule has 3 aromatic rings. The Bertz CT molecular complexity index is 1160. The first kappa shape index (κ1) is 20.2. The smallest absolute Gasteiger partial charge is 0.255 e. The number of hydrogen-bond acceptors (Lipinski definition) is 5. The van der Waals surface area contributed by atoms with Crippen molar-refractivity contribution >= 4 is 17.5 Å². The molecule has 5 rings (SSSR count). The Balaban J connectivity index is 1.53. The van der Waals surface area contributed by atoms with Crippen LogP contribution < -0.4 is 0 Å². The zero-order valence-electron chi connectivity index (χ0n) is 17.7. The molecule has 1 N–H and O–H groups in total. The van der Waals surface area contributed by atoms with E-state index in [1.54, 1.807) is 20.8 Å². The lowest BCUT2D eigenvalue weighted by molar-refractivity contribution is -0.0224.